The first-order valence-corrected chi connectivity index (χ1v) is 16.3. The van der Waals surface area contributed by atoms with E-state index in [1.54, 1.807) is 23.5 Å². The average Bonchev–Trinajstić information content (AvgIpc) is 3.65. The summed E-state index contributed by atoms with van der Waals surface area (Å²) in [7, 11) is 0. The van der Waals surface area contributed by atoms with Gasteiger partial charge in [-0.15, -0.1) is 0 Å². The number of thioether (sulfide) groups is 2. The molecular formula is C30H46N2O3S2. The van der Waals surface area contributed by atoms with Gasteiger partial charge in [-0.2, -0.15) is 0 Å². The second kappa shape index (κ2) is 10.4. The van der Waals surface area contributed by atoms with Gasteiger partial charge in [0.1, 0.15) is 9.49 Å². The highest BCUT2D eigenvalue weighted by atomic mass is 32.2. The van der Waals surface area contributed by atoms with Crippen molar-refractivity contribution in [1.29, 1.82) is 0 Å². The lowest BCUT2D eigenvalue weighted by Gasteiger charge is -2.27. The molecule has 0 aromatic heterocycles. The van der Waals surface area contributed by atoms with E-state index in [0.717, 1.165) is 53.5 Å². The molecule has 37 heavy (non-hydrogen) atoms. The van der Waals surface area contributed by atoms with E-state index in [1.807, 2.05) is 6.92 Å². The van der Waals surface area contributed by atoms with Gasteiger partial charge in [0.25, 0.3) is 11.8 Å². The molecule has 4 bridgehead atoms. The number of nitrogens with zero attached hydrogens (tertiary/aromatic N) is 2. The SMILES string of the molecule is CC(C)[C@]1(C)SC(C[C@H]2C[C@@H]3CC[C@H]2C3)=NC1=O.CC(C)[C@]1(C)SC(C[C@H]2C[C@H]3C[C@@H]2C[C@@H]3O)=NC1=O. The van der Waals surface area contributed by atoms with Crippen molar-refractivity contribution >= 4 is 45.4 Å². The highest BCUT2D eigenvalue weighted by Gasteiger charge is 2.49. The minimum atomic E-state index is -0.355. The number of aliphatic hydroxyl groups excluding tert-OH is 1. The molecule has 7 heteroatoms. The van der Waals surface area contributed by atoms with Gasteiger partial charge in [0, 0.05) is 0 Å². The van der Waals surface area contributed by atoms with Gasteiger partial charge in [-0.1, -0.05) is 57.6 Å². The van der Waals surface area contributed by atoms with Crippen molar-refractivity contribution in [3.05, 3.63) is 0 Å². The van der Waals surface area contributed by atoms with Gasteiger partial charge in [0.15, 0.2) is 0 Å². The lowest BCUT2D eigenvalue weighted by molar-refractivity contribution is -0.121. The number of carbonyl (C=O) groups is 2. The summed E-state index contributed by atoms with van der Waals surface area (Å²) in [5.74, 6) is 5.35. The first-order valence-electron chi connectivity index (χ1n) is 14.7. The zero-order chi connectivity index (χ0) is 26.7. The second-order valence-corrected chi connectivity index (χ2v) is 16.8. The molecule has 4 aliphatic carbocycles. The van der Waals surface area contributed by atoms with Crippen molar-refractivity contribution in [3.8, 4) is 0 Å². The van der Waals surface area contributed by atoms with Gasteiger partial charge >= 0.3 is 0 Å². The molecular weight excluding hydrogens is 500 g/mol. The molecule has 0 saturated heterocycles. The van der Waals surface area contributed by atoms with Gasteiger partial charge in [0.2, 0.25) is 0 Å². The molecule has 2 aliphatic heterocycles. The number of rotatable bonds is 6. The third-order valence-electron chi connectivity index (χ3n) is 10.9. The molecule has 6 rings (SSSR count). The van der Waals surface area contributed by atoms with E-state index < -0.39 is 0 Å². The fourth-order valence-corrected chi connectivity index (χ4v) is 10.2. The van der Waals surface area contributed by atoms with Crippen LogP contribution in [-0.4, -0.2) is 42.6 Å². The molecule has 2 heterocycles. The fourth-order valence-electron chi connectivity index (χ4n) is 7.66. The quantitative estimate of drug-likeness (QED) is 0.398. The van der Waals surface area contributed by atoms with Crippen molar-refractivity contribution in [1.82, 2.24) is 0 Å². The van der Waals surface area contributed by atoms with Crippen LogP contribution in [0, 0.1) is 47.3 Å². The molecule has 0 aromatic carbocycles. The highest BCUT2D eigenvalue weighted by molar-refractivity contribution is 8.16. The highest BCUT2D eigenvalue weighted by Crippen LogP contribution is 2.53. The monoisotopic (exact) mass is 546 g/mol. The molecule has 2 amide bonds. The zero-order valence-corrected chi connectivity index (χ0v) is 25.2. The van der Waals surface area contributed by atoms with Crippen molar-refractivity contribution in [2.75, 3.05) is 0 Å². The summed E-state index contributed by atoms with van der Waals surface area (Å²) in [6.45, 7) is 12.5. The first kappa shape index (κ1) is 27.9. The molecule has 4 saturated carbocycles. The molecule has 6 aliphatic rings. The Balaban J connectivity index is 0.000000152. The Kier molecular flexibility index (Phi) is 7.83. The number of carbonyl (C=O) groups excluding carboxylic acids is 2. The normalized spacial score (nSPS) is 44.2. The van der Waals surface area contributed by atoms with Crippen LogP contribution < -0.4 is 0 Å². The maximum absolute atomic E-state index is 12.1. The topological polar surface area (TPSA) is 79.1 Å². The zero-order valence-electron chi connectivity index (χ0n) is 23.5. The number of fused-ring (bicyclic) bond motifs is 4. The molecule has 1 N–H and O–H groups in total. The van der Waals surface area contributed by atoms with Crippen LogP contribution in [0.4, 0.5) is 0 Å². The average molecular weight is 547 g/mol. The summed E-state index contributed by atoms with van der Waals surface area (Å²) in [4.78, 5) is 32.8. The summed E-state index contributed by atoms with van der Waals surface area (Å²) in [6.07, 6.45) is 10.9. The van der Waals surface area contributed by atoms with Crippen molar-refractivity contribution in [2.45, 2.75) is 115 Å². The van der Waals surface area contributed by atoms with Gasteiger partial charge in [-0.25, -0.2) is 9.98 Å². The lowest BCUT2D eigenvalue weighted by Crippen LogP contribution is -2.33. The molecule has 0 spiro atoms. The molecule has 0 unspecified atom stereocenters. The summed E-state index contributed by atoms with van der Waals surface area (Å²) >= 11 is 3.43. The van der Waals surface area contributed by atoms with E-state index in [2.05, 4.69) is 44.6 Å². The summed E-state index contributed by atoms with van der Waals surface area (Å²) < 4.78 is -0.653. The Bertz CT molecular complexity index is 991. The lowest BCUT2D eigenvalue weighted by atomic mass is 9.85. The van der Waals surface area contributed by atoms with Crippen LogP contribution in [0.1, 0.15) is 99.3 Å². The third-order valence-corrected chi connectivity index (χ3v) is 14.0. The number of amides is 2. The Hall–Kier alpha value is -0.660. The van der Waals surface area contributed by atoms with Gasteiger partial charge in [-0.3, -0.25) is 9.59 Å². The third kappa shape index (κ3) is 5.27. The fraction of sp³-hybridized carbons (Fsp3) is 0.867. The number of aliphatic imine (C=N–C) groups is 2. The maximum Gasteiger partial charge on any atom is 0.263 e. The van der Waals surface area contributed by atoms with E-state index in [-0.39, 0.29) is 27.4 Å². The largest absolute Gasteiger partial charge is 0.393 e. The van der Waals surface area contributed by atoms with E-state index in [1.165, 1.54) is 32.1 Å². The van der Waals surface area contributed by atoms with Crippen LogP contribution in [0.2, 0.25) is 0 Å². The van der Waals surface area contributed by atoms with Crippen LogP contribution in [0.15, 0.2) is 9.98 Å². The van der Waals surface area contributed by atoms with E-state index >= 15 is 0 Å². The standard InChI is InChI=1S/C15H23NO2S.C15H23NOS/c1-8(2)15(3)14(18)16-13(19-15)7-10-5-11-4-9(10)6-12(11)17;1-9(2)15(3)14(17)16-13(18-15)8-12-7-10-4-5-11(12)6-10/h8-12,17H,4-7H2,1-3H3;9-12H,4-8H2,1-3H3/t9-,10-,11-,12+,15+;10-,11+,12-,15+/m11/s1. The van der Waals surface area contributed by atoms with Gasteiger partial charge in [0.05, 0.1) is 16.2 Å². The van der Waals surface area contributed by atoms with Crippen LogP contribution in [-0.2, 0) is 9.59 Å². The Labute approximate surface area is 231 Å². The van der Waals surface area contributed by atoms with Crippen LogP contribution in [0.5, 0.6) is 0 Å². The van der Waals surface area contributed by atoms with Gasteiger partial charge in [-0.05, 0) is 113 Å². The summed E-state index contributed by atoms with van der Waals surface area (Å²) in [5.41, 5.74) is 0. The number of hydrogen-bond donors (Lipinski definition) is 1. The number of aliphatic hydroxyl groups is 1. The predicted octanol–water partition coefficient (Wildman–Crippen LogP) is 6.77. The molecule has 9 atom stereocenters. The molecule has 206 valence electrons. The molecule has 0 aromatic rings. The maximum atomic E-state index is 12.1. The minimum absolute atomic E-state index is 0.0469. The predicted molar refractivity (Wildman–Crippen MR) is 155 cm³/mol. The Morgan fingerprint density at radius 2 is 1.30 bits per heavy atom. The van der Waals surface area contributed by atoms with Crippen molar-refractivity contribution in [2.24, 2.45) is 57.3 Å². The first-order chi connectivity index (χ1) is 17.4. The summed E-state index contributed by atoms with van der Waals surface area (Å²) in [5, 5.41) is 12.0. The van der Waals surface area contributed by atoms with E-state index in [9.17, 15) is 14.7 Å². The van der Waals surface area contributed by atoms with Crippen LogP contribution in [0.3, 0.4) is 0 Å². The Morgan fingerprint density at radius 1 is 0.757 bits per heavy atom. The smallest absolute Gasteiger partial charge is 0.263 e. The van der Waals surface area contributed by atoms with Crippen molar-refractivity contribution in [3.63, 3.8) is 0 Å². The van der Waals surface area contributed by atoms with Crippen LogP contribution in [0.25, 0.3) is 0 Å². The van der Waals surface area contributed by atoms with Crippen LogP contribution >= 0.6 is 23.5 Å². The summed E-state index contributed by atoms with van der Waals surface area (Å²) in [6, 6.07) is 0. The van der Waals surface area contributed by atoms with E-state index in [0.29, 0.717) is 29.6 Å². The van der Waals surface area contributed by atoms with Crippen molar-refractivity contribution < 1.29 is 14.7 Å². The molecule has 0 radical (unpaired) electrons. The number of hydrogen-bond acceptors (Lipinski definition) is 5. The Morgan fingerprint density at radius 3 is 1.65 bits per heavy atom. The molecule has 5 nitrogen and oxygen atoms in total. The van der Waals surface area contributed by atoms with Gasteiger partial charge < -0.3 is 5.11 Å². The second-order valence-electron chi connectivity index (χ2n) is 13.7. The minimum Gasteiger partial charge on any atom is -0.393 e. The molecule has 4 fully saturated rings. The van der Waals surface area contributed by atoms with E-state index in [4.69, 9.17) is 0 Å².